The molecule has 5 aromatic rings. The molecule has 4 N–H and O–H groups in total. The zero-order valence-electron chi connectivity index (χ0n) is 42.4. The van der Waals surface area contributed by atoms with Crippen molar-refractivity contribution in [1.82, 2.24) is 29.7 Å². The van der Waals surface area contributed by atoms with E-state index in [1.807, 2.05) is 24.4 Å². The number of methoxy groups -OCH3 is 1. The molecule has 3 fully saturated rings. The lowest BCUT2D eigenvalue weighted by Gasteiger charge is -2.46. The molecule has 76 heavy (non-hydrogen) atoms. The lowest BCUT2D eigenvalue weighted by molar-refractivity contribution is -0.161. The van der Waals surface area contributed by atoms with Crippen molar-refractivity contribution in [3.63, 3.8) is 0 Å². The first-order chi connectivity index (χ1) is 36.6. The number of fused-ring (bicyclic) bond motifs is 4. The number of carbonyl (C=O) groups is 5. The number of aryl methyl sites for hydroxylation is 1. The summed E-state index contributed by atoms with van der Waals surface area (Å²) in [5, 5.41) is 14.2. The first-order valence-electron chi connectivity index (χ1n) is 25.8. The second-order valence-electron chi connectivity index (χ2n) is 20.2. The maximum atomic E-state index is 14.0. The van der Waals surface area contributed by atoms with Crippen molar-refractivity contribution in [1.29, 1.82) is 0 Å². The molecule has 1 aliphatic carbocycles. The van der Waals surface area contributed by atoms with Gasteiger partial charge >= 0.3 is 7.82 Å². The van der Waals surface area contributed by atoms with Gasteiger partial charge in [-0.3, -0.25) is 48.1 Å². The summed E-state index contributed by atoms with van der Waals surface area (Å²) in [7, 11) is -3.50. The van der Waals surface area contributed by atoms with Crippen LogP contribution in [0.5, 0.6) is 5.88 Å². The van der Waals surface area contributed by atoms with Gasteiger partial charge in [-0.1, -0.05) is 0 Å². The number of thiophene rings is 1. The lowest BCUT2D eigenvalue weighted by Crippen LogP contribution is -2.58. The minimum Gasteiger partial charge on any atom is -0.480 e. The topological polar surface area (TPSA) is 252 Å². The van der Waals surface area contributed by atoms with Gasteiger partial charge in [0.25, 0.3) is 23.6 Å². The summed E-state index contributed by atoms with van der Waals surface area (Å²) in [5.41, 5.74) is 7.19. The van der Waals surface area contributed by atoms with Crippen LogP contribution in [0, 0.1) is 0 Å². The molecule has 21 nitrogen and oxygen atoms in total. The number of aliphatic hydroxyl groups excluding tert-OH is 1. The van der Waals surface area contributed by atoms with Gasteiger partial charge in [0.1, 0.15) is 29.6 Å². The number of phosphoric ester groups is 1. The van der Waals surface area contributed by atoms with Crippen molar-refractivity contribution in [2.45, 2.75) is 103 Å². The van der Waals surface area contributed by atoms with Crippen LogP contribution >= 0.6 is 19.2 Å². The third-order valence-electron chi connectivity index (χ3n) is 15.7. The fourth-order valence-corrected chi connectivity index (χ4v) is 13.9. The molecule has 0 bridgehead atoms. The van der Waals surface area contributed by atoms with E-state index in [-0.39, 0.29) is 42.5 Å². The molecule has 6 aliphatic rings. The molecule has 1 aromatic carbocycles. The van der Waals surface area contributed by atoms with Gasteiger partial charge in [-0.15, -0.1) is 11.3 Å². The summed E-state index contributed by atoms with van der Waals surface area (Å²) < 4.78 is 21.7. The number of nitrogens with zero attached hydrogens (tertiary/aromatic N) is 9. The van der Waals surface area contributed by atoms with Crippen molar-refractivity contribution in [2.75, 3.05) is 66.4 Å². The van der Waals surface area contributed by atoms with Crippen LogP contribution in [0.25, 0.3) is 11.1 Å². The van der Waals surface area contributed by atoms with Crippen molar-refractivity contribution in [3.8, 4) is 17.0 Å². The van der Waals surface area contributed by atoms with E-state index in [1.54, 1.807) is 53.9 Å². The molecule has 3 atom stereocenters. The number of aliphatic hydroxyl groups is 1. The number of amides is 5. The molecule has 23 heteroatoms. The molecular weight excluding hydrogens is 1020 g/mol. The van der Waals surface area contributed by atoms with Crippen LogP contribution in [0.3, 0.4) is 0 Å². The number of ether oxygens (including phenoxy) is 1. The number of piperazine rings is 1. The largest absolute Gasteiger partial charge is 0.480 e. The van der Waals surface area contributed by atoms with E-state index in [0.717, 1.165) is 106 Å². The van der Waals surface area contributed by atoms with E-state index in [9.17, 15) is 43.4 Å². The van der Waals surface area contributed by atoms with Gasteiger partial charge in [-0.05, 0) is 124 Å². The van der Waals surface area contributed by atoms with Crippen molar-refractivity contribution in [2.24, 2.45) is 0 Å². The van der Waals surface area contributed by atoms with Crippen LogP contribution in [0.4, 0.5) is 28.7 Å². The number of aromatic nitrogens is 3. The zero-order chi connectivity index (χ0) is 53.2. The standard InChI is InChI=1S/C53H59N10O11PS/c1-30-28-59(33-15-19-58(20-16-33)34-8-10-39-40(25-34)51(67)63(50(39)66)43-11-13-46(65)62(52(43)68)31(2)74-75(70,71)72)22-23-60(30)35-9-12-45(55-27-35)57-42-24-32(26-56-49(42)73-3)36-14-18-54-48(41(36)29-64)61-21-17-38-37-6-4-5-7-44(37)76-47(38)53(61)69/h8-10,12,14,18,24-27,30-31,33,43,64H,4-7,11,13,15-17,19-23,28-29H2,1-3H3,(H,55,57)(H2,70,71,72)/t30-,31?,43-/m0/s1. The van der Waals surface area contributed by atoms with Crippen LogP contribution < -0.4 is 24.8 Å². The summed E-state index contributed by atoms with van der Waals surface area (Å²) in [5.74, 6) is -1.65. The molecule has 11 rings (SSSR count). The number of pyridine rings is 3. The number of carbonyl (C=O) groups excluding carboxylic acids is 5. The lowest BCUT2D eigenvalue weighted by atomic mass is 9.92. The Morgan fingerprint density at radius 2 is 1.59 bits per heavy atom. The van der Waals surface area contributed by atoms with Crippen LogP contribution in [0.1, 0.15) is 104 Å². The minimum absolute atomic E-state index is 0.0623. The fourth-order valence-electron chi connectivity index (χ4n) is 12.1. The molecule has 0 spiro atoms. The Bertz CT molecular complexity index is 3200. The van der Waals surface area contributed by atoms with Crippen LogP contribution in [-0.4, -0.2) is 145 Å². The molecule has 5 amide bonds. The van der Waals surface area contributed by atoms with E-state index < -0.39 is 43.7 Å². The Balaban J connectivity index is 0.703. The van der Waals surface area contributed by atoms with Crippen LogP contribution in [0.15, 0.2) is 61.1 Å². The molecule has 0 saturated carbocycles. The molecule has 9 heterocycles. The fraction of sp³-hybridized carbons (Fsp3) is 0.434. The maximum absolute atomic E-state index is 14.0. The van der Waals surface area contributed by atoms with E-state index in [2.05, 4.69) is 47.5 Å². The van der Waals surface area contributed by atoms with Gasteiger partial charge in [-0.2, -0.15) is 0 Å². The highest BCUT2D eigenvalue weighted by Crippen LogP contribution is 2.42. The van der Waals surface area contributed by atoms with Gasteiger partial charge < -0.3 is 34.7 Å². The maximum Gasteiger partial charge on any atom is 0.471 e. The smallest absolute Gasteiger partial charge is 0.471 e. The second kappa shape index (κ2) is 20.7. The normalized spacial score (nSPS) is 21.0. The third kappa shape index (κ3) is 9.53. The van der Waals surface area contributed by atoms with Crippen LogP contribution in [-0.2, 0) is 44.5 Å². The van der Waals surface area contributed by atoms with E-state index >= 15 is 0 Å². The van der Waals surface area contributed by atoms with Gasteiger partial charge in [0, 0.05) is 91.9 Å². The first kappa shape index (κ1) is 51.5. The Kier molecular flexibility index (Phi) is 14.0. The number of imide groups is 2. The SMILES string of the molecule is COc1ncc(-c2ccnc(N3CCc4c(sc5c4CCCC5)C3=O)c2CO)cc1Nc1ccc(N2CCN(C3CCN(c4ccc5c(c4)C(=O)N([C@H]4CCC(=O)N(C(C)OP(=O)(O)O)C4=O)C5=O)CC3)C[C@@H]2C)cn1. The Hall–Kier alpha value is -6.65. The number of phosphoric acid groups is 1. The number of hydrogen-bond acceptors (Lipinski definition) is 17. The monoisotopic (exact) mass is 1070 g/mol. The number of hydrogen-bond donors (Lipinski definition) is 4. The van der Waals surface area contributed by atoms with Crippen molar-refractivity contribution < 1.29 is 52.7 Å². The van der Waals surface area contributed by atoms with Gasteiger partial charge in [0.15, 0.2) is 0 Å². The molecule has 0 radical (unpaired) electrons. The van der Waals surface area contributed by atoms with Gasteiger partial charge in [-0.25, -0.2) is 19.5 Å². The Labute approximate surface area is 442 Å². The first-order valence-corrected chi connectivity index (χ1v) is 28.1. The number of piperidine rings is 2. The summed E-state index contributed by atoms with van der Waals surface area (Å²) in [6.45, 7) is 7.51. The average Bonchev–Trinajstić information content (AvgIpc) is 3.96. The van der Waals surface area contributed by atoms with E-state index in [1.165, 1.54) is 16.0 Å². The van der Waals surface area contributed by atoms with Gasteiger partial charge in [0.05, 0.1) is 41.6 Å². The molecule has 1 unspecified atom stereocenters. The van der Waals surface area contributed by atoms with Gasteiger partial charge in [0.2, 0.25) is 11.8 Å². The van der Waals surface area contributed by atoms with E-state index in [4.69, 9.17) is 9.72 Å². The Morgan fingerprint density at radius 1 is 0.816 bits per heavy atom. The summed E-state index contributed by atoms with van der Waals surface area (Å²) >= 11 is 1.62. The number of benzene rings is 1. The third-order valence-corrected chi connectivity index (χ3v) is 17.6. The predicted molar refractivity (Wildman–Crippen MR) is 282 cm³/mol. The highest BCUT2D eigenvalue weighted by Gasteiger charge is 2.49. The number of nitrogens with one attached hydrogen (secondary N) is 1. The summed E-state index contributed by atoms with van der Waals surface area (Å²) in [4.78, 5) is 113. The number of likely N-dealkylation sites (tertiary alicyclic amines) is 1. The molecule has 398 valence electrons. The zero-order valence-corrected chi connectivity index (χ0v) is 44.1. The quantitative estimate of drug-likeness (QED) is 0.0818. The molecule has 3 saturated heterocycles. The van der Waals surface area contributed by atoms with Crippen molar-refractivity contribution >= 4 is 77.4 Å². The molecular formula is C53H59N10O11PS. The van der Waals surface area contributed by atoms with Crippen molar-refractivity contribution in [3.05, 3.63) is 98.6 Å². The number of rotatable bonds is 13. The predicted octanol–water partition coefficient (Wildman–Crippen LogP) is 5.67. The summed E-state index contributed by atoms with van der Waals surface area (Å²) in [6, 6.07) is 12.0. The highest BCUT2D eigenvalue weighted by atomic mass is 32.1. The number of anilines is 5. The molecule has 5 aliphatic heterocycles. The summed E-state index contributed by atoms with van der Waals surface area (Å²) in [6.07, 6.45) is 10.2. The van der Waals surface area contributed by atoms with E-state index in [0.29, 0.717) is 57.4 Å². The average molecular weight is 1080 g/mol. The Morgan fingerprint density at radius 3 is 2.33 bits per heavy atom. The highest BCUT2D eigenvalue weighted by molar-refractivity contribution is 7.46. The molecule has 4 aromatic heterocycles. The minimum atomic E-state index is -5.06. The second-order valence-corrected chi connectivity index (χ2v) is 22.5. The van der Waals surface area contributed by atoms with Crippen LogP contribution in [0.2, 0.25) is 0 Å².